The Labute approximate surface area is 207 Å². The zero-order valence-electron chi connectivity index (χ0n) is 19.2. The van der Waals surface area contributed by atoms with E-state index in [9.17, 15) is 14.0 Å². The van der Waals surface area contributed by atoms with Gasteiger partial charge in [0.05, 0.1) is 11.1 Å². The predicted octanol–water partition coefficient (Wildman–Crippen LogP) is 4.34. The van der Waals surface area contributed by atoms with Gasteiger partial charge in [0.15, 0.2) is 0 Å². The number of likely N-dealkylation sites (N-methyl/N-ethyl adjacent to an activating group) is 1. The van der Waals surface area contributed by atoms with Crippen molar-refractivity contribution in [3.8, 4) is 0 Å². The standard InChI is InChI=1S/C24H27ClFN5O4/c1-31(23(33)29-13-17-5-4-7-20(26)22(17)25)19(6-2-3-10-32)15-35-24(34)30-21-11-16-8-9-27-12-18(16)14-28-21/h4-5,7-9,11-12,14,19,32H,2-3,6,10,13,15H2,1H3,(H,29,33)(H,28,30,34)/t19-/m0/s1. The van der Waals surface area contributed by atoms with Crippen LogP contribution in [-0.4, -0.2) is 58.4 Å². The lowest BCUT2D eigenvalue weighted by Gasteiger charge is -2.28. The second-order valence-corrected chi connectivity index (χ2v) is 8.25. The van der Waals surface area contributed by atoms with Crippen LogP contribution in [-0.2, 0) is 11.3 Å². The van der Waals surface area contributed by atoms with Crippen LogP contribution in [0.5, 0.6) is 0 Å². The number of aromatic nitrogens is 2. The highest BCUT2D eigenvalue weighted by atomic mass is 35.5. The number of carbonyl (C=O) groups is 2. The molecule has 186 valence electrons. The van der Waals surface area contributed by atoms with Crippen LogP contribution in [0, 0.1) is 5.82 Å². The summed E-state index contributed by atoms with van der Waals surface area (Å²) < 4.78 is 19.0. The number of nitrogens with zero attached hydrogens (tertiary/aromatic N) is 3. The van der Waals surface area contributed by atoms with E-state index in [-0.39, 0.29) is 24.8 Å². The number of benzene rings is 1. The van der Waals surface area contributed by atoms with Crippen molar-refractivity contribution >= 4 is 40.3 Å². The quantitative estimate of drug-likeness (QED) is 0.354. The van der Waals surface area contributed by atoms with E-state index in [2.05, 4.69) is 20.6 Å². The van der Waals surface area contributed by atoms with Gasteiger partial charge in [-0.25, -0.2) is 19.0 Å². The SMILES string of the molecule is CN(C(=O)NCc1cccc(F)c1Cl)[C@@H](CCCCO)COC(=O)Nc1cc2ccncc2cn1. The number of fused-ring (bicyclic) bond motifs is 1. The number of hydrogen-bond acceptors (Lipinski definition) is 6. The first-order valence-electron chi connectivity index (χ1n) is 11.1. The topological polar surface area (TPSA) is 117 Å². The smallest absolute Gasteiger partial charge is 0.412 e. The van der Waals surface area contributed by atoms with Crippen molar-refractivity contribution < 1.29 is 23.8 Å². The van der Waals surface area contributed by atoms with Gasteiger partial charge in [-0.05, 0) is 48.4 Å². The molecule has 1 aromatic carbocycles. The average molecular weight is 504 g/mol. The maximum absolute atomic E-state index is 13.6. The highest BCUT2D eigenvalue weighted by molar-refractivity contribution is 6.31. The number of pyridine rings is 2. The molecular formula is C24H27ClFN5O4. The maximum atomic E-state index is 13.6. The van der Waals surface area contributed by atoms with Crippen molar-refractivity contribution in [3.63, 3.8) is 0 Å². The summed E-state index contributed by atoms with van der Waals surface area (Å²) in [6.07, 6.45) is 5.87. The van der Waals surface area contributed by atoms with E-state index < -0.39 is 24.0 Å². The summed E-state index contributed by atoms with van der Waals surface area (Å²) >= 11 is 5.95. The Balaban J connectivity index is 1.57. The highest BCUT2D eigenvalue weighted by Gasteiger charge is 2.22. The summed E-state index contributed by atoms with van der Waals surface area (Å²) in [6.45, 7) is -0.0157. The molecule has 0 fully saturated rings. The number of aliphatic hydroxyl groups is 1. The summed E-state index contributed by atoms with van der Waals surface area (Å²) in [4.78, 5) is 34.7. The van der Waals surface area contributed by atoms with Crippen LogP contribution in [0.15, 0.2) is 48.9 Å². The molecule has 0 saturated carbocycles. The van der Waals surface area contributed by atoms with Crippen molar-refractivity contribution in [1.29, 1.82) is 0 Å². The van der Waals surface area contributed by atoms with Crippen LogP contribution < -0.4 is 10.6 Å². The molecule has 3 N–H and O–H groups in total. The minimum atomic E-state index is -0.710. The van der Waals surface area contributed by atoms with Crippen LogP contribution in [0.3, 0.4) is 0 Å². The van der Waals surface area contributed by atoms with Gasteiger partial charge in [-0.15, -0.1) is 0 Å². The van der Waals surface area contributed by atoms with Crippen LogP contribution in [0.25, 0.3) is 10.8 Å². The zero-order chi connectivity index (χ0) is 25.2. The van der Waals surface area contributed by atoms with Crippen LogP contribution >= 0.6 is 11.6 Å². The number of carbonyl (C=O) groups excluding carboxylic acids is 2. The Morgan fingerprint density at radius 3 is 2.86 bits per heavy atom. The Morgan fingerprint density at radius 2 is 2.06 bits per heavy atom. The number of rotatable bonds is 10. The van der Waals surface area contributed by atoms with Gasteiger partial charge in [0.1, 0.15) is 18.2 Å². The predicted molar refractivity (Wildman–Crippen MR) is 131 cm³/mol. The second kappa shape index (κ2) is 12.8. The third-order valence-electron chi connectivity index (χ3n) is 5.43. The van der Waals surface area contributed by atoms with Gasteiger partial charge in [0.2, 0.25) is 0 Å². The third kappa shape index (κ3) is 7.49. The number of urea groups is 1. The molecule has 3 rings (SSSR count). The van der Waals surface area contributed by atoms with Crippen LogP contribution in [0.1, 0.15) is 24.8 Å². The number of halogens is 2. The van der Waals surface area contributed by atoms with E-state index in [1.54, 1.807) is 43.8 Å². The first-order valence-corrected chi connectivity index (χ1v) is 11.4. The van der Waals surface area contributed by atoms with Crippen molar-refractivity contribution in [1.82, 2.24) is 20.2 Å². The Hall–Kier alpha value is -3.50. The monoisotopic (exact) mass is 503 g/mol. The molecule has 11 heteroatoms. The molecule has 35 heavy (non-hydrogen) atoms. The summed E-state index contributed by atoms with van der Waals surface area (Å²) in [5, 5.41) is 16.0. The number of nitrogens with one attached hydrogen (secondary N) is 2. The van der Waals surface area contributed by atoms with Crippen LogP contribution in [0.2, 0.25) is 5.02 Å². The van der Waals surface area contributed by atoms with E-state index in [1.807, 2.05) is 0 Å². The summed E-state index contributed by atoms with van der Waals surface area (Å²) in [7, 11) is 1.58. The second-order valence-electron chi connectivity index (χ2n) is 7.87. The van der Waals surface area contributed by atoms with E-state index >= 15 is 0 Å². The van der Waals surface area contributed by atoms with Gasteiger partial charge in [0, 0.05) is 44.2 Å². The number of amides is 3. The summed E-state index contributed by atoms with van der Waals surface area (Å²) in [6, 6.07) is 6.99. The lowest BCUT2D eigenvalue weighted by Crippen LogP contribution is -2.46. The van der Waals surface area contributed by atoms with Gasteiger partial charge in [-0.2, -0.15) is 0 Å². The minimum absolute atomic E-state index is 0.0190. The third-order valence-corrected chi connectivity index (χ3v) is 5.86. The number of anilines is 1. The fourth-order valence-electron chi connectivity index (χ4n) is 3.39. The van der Waals surface area contributed by atoms with Crippen molar-refractivity contribution in [2.75, 3.05) is 25.6 Å². The largest absolute Gasteiger partial charge is 0.447 e. The molecule has 0 aliphatic heterocycles. The molecule has 0 radical (unpaired) electrons. The Kier molecular flexibility index (Phi) is 9.56. The van der Waals surface area contributed by atoms with E-state index in [0.717, 1.165) is 10.8 Å². The molecule has 0 spiro atoms. The van der Waals surface area contributed by atoms with Crippen LogP contribution in [0.4, 0.5) is 19.8 Å². The lowest BCUT2D eigenvalue weighted by molar-refractivity contribution is 0.112. The number of ether oxygens (including phenoxy) is 1. The minimum Gasteiger partial charge on any atom is -0.447 e. The van der Waals surface area contributed by atoms with Gasteiger partial charge in [0.25, 0.3) is 0 Å². The average Bonchev–Trinajstić information content (AvgIpc) is 2.86. The molecule has 0 unspecified atom stereocenters. The molecule has 0 bridgehead atoms. The molecule has 3 aromatic rings. The zero-order valence-corrected chi connectivity index (χ0v) is 20.0. The van der Waals surface area contributed by atoms with Crippen molar-refractivity contribution in [2.45, 2.75) is 31.8 Å². The normalized spacial score (nSPS) is 11.7. The van der Waals surface area contributed by atoms with E-state index in [4.69, 9.17) is 21.4 Å². The van der Waals surface area contributed by atoms with Crippen molar-refractivity contribution in [3.05, 3.63) is 65.3 Å². The first kappa shape index (κ1) is 26.1. The maximum Gasteiger partial charge on any atom is 0.412 e. The van der Waals surface area contributed by atoms with Gasteiger partial charge in [-0.1, -0.05) is 23.7 Å². The molecule has 0 saturated heterocycles. The molecule has 0 aliphatic rings. The Morgan fingerprint density at radius 1 is 1.23 bits per heavy atom. The fourth-order valence-corrected chi connectivity index (χ4v) is 3.58. The van der Waals surface area contributed by atoms with E-state index in [0.29, 0.717) is 30.6 Å². The van der Waals surface area contributed by atoms with Gasteiger partial charge >= 0.3 is 12.1 Å². The van der Waals surface area contributed by atoms with Crippen molar-refractivity contribution in [2.24, 2.45) is 0 Å². The highest BCUT2D eigenvalue weighted by Crippen LogP contribution is 2.20. The van der Waals surface area contributed by atoms with E-state index in [1.165, 1.54) is 17.0 Å². The molecule has 1 atom stereocenters. The fraction of sp³-hybridized carbons (Fsp3) is 0.333. The molecule has 9 nitrogen and oxygen atoms in total. The summed E-state index contributed by atoms with van der Waals surface area (Å²) in [5.41, 5.74) is 0.444. The number of hydrogen-bond donors (Lipinski definition) is 3. The lowest BCUT2D eigenvalue weighted by atomic mass is 10.1. The van der Waals surface area contributed by atoms with Gasteiger partial charge < -0.3 is 20.1 Å². The molecular weight excluding hydrogens is 477 g/mol. The molecule has 3 amide bonds. The first-order chi connectivity index (χ1) is 16.9. The molecule has 2 aromatic heterocycles. The molecule has 2 heterocycles. The van der Waals surface area contributed by atoms with Gasteiger partial charge in [-0.3, -0.25) is 10.3 Å². The number of aliphatic hydroxyl groups excluding tert-OH is 1. The number of unbranched alkanes of at least 4 members (excludes halogenated alkanes) is 1. The molecule has 0 aliphatic carbocycles. The Bertz CT molecular complexity index is 1170. The summed E-state index contributed by atoms with van der Waals surface area (Å²) in [5.74, 6) is -0.241.